The van der Waals surface area contributed by atoms with Gasteiger partial charge in [0.15, 0.2) is 0 Å². The fraction of sp³-hybridized carbons (Fsp3) is 0.256. The number of fused-ring (bicyclic) bond motifs is 1. The van der Waals surface area contributed by atoms with Gasteiger partial charge in [-0.3, -0.25) is 14.9 Å². The van der Waals surface area contributed by atoms with Gasteiger partial charge >= 0.3 is 6.09 Å². The number of para-hydroxylation sites is 1. The van der Waals surface area contributed by atoms with Gasteiger partial charge in [-0.05, 0) is 59.9 Å². The number of hydrogen-bond donors (Lipinski definition) is 6. The fourth-order valence-electron chi connectivity index (χ4n) is 6.26. The highest BCUT2D eigenvalue weighted by Crippen LogP contribution is 2.30. The number of benzene rings is 4. The highest BCUT2D eigenvalue weighted by Gasteiger charge is 2.23. The highest BCUT2D eigenvalue weighted by atomic mass is 35.5. The predicted octanol–water partition coefficient (Wildman–Crippen LogP) is 6.42. The van der Waals surface area contributed by atoms with Crippen LogP contribution in [0.25, 0.3) is 22.0 Å². The molecule has 6 N–H and O–H groups in total. The van der Waals surface area contributed by atoms with E-state index >= 15 is 0 Å². The van der Waals surface area contributed by atoms with E-state index in [0.717, 1.165) is 29.8 Å². The van der Waals surface area contributed by atoms with Gasteiger partial charge < -0.3 is 35.5 Å². The maximum absolute atomic E-state index is 12.7. The van der Waals surface area contributed by atoms with Crippen molar-refractivity contribution in [3.8, 4) is 16.9 Å². The Bertz CT molecular complexity index is 2050. The van der Waals surface area contributed by atoms with Crippen LogP contribution in [0.1, 0.15) is 36.5 Å². The van der Waals surface area contributed by atoms with Gasteiger partial charge in [0.2, 0.25) is 11.5 Å². The third-order valence-electron chi connectivity index (χ3n) is 8.97. The van der Waals surface area contributed by atoms with E-state index in [-0.39, 0.29) is 35.4 Å². The third-order valence-corrected chi connectivity index (χ3v) is 9.32. The molecule has 264 valence electrons. The number of likely N-dealkylation sites (tertiary alicyclic amines) is 1. The number of phenolic OH excluding ortho intramolecular Hbond substituents is 1. The van der Waals surface area contributed by atoms with Crippen LogP contribution >= 0.6 is 11.6 Å². The van der Waals surface area contributed by atoms with Gasteiger partial charge in [0, 0.05) is 66.9 Å². The zero-order valence-corrected chi connectivity index (χ0v) is 28.7. The van der Waals surface area contributed by atoms with Crippen molar-refractivity contribution in [2.45, 2.75) is 38.0 Å². The number of piperidine rings is 1. The van der Waals surface area contributed by atoms with Crippen LogP contribution < -0.4 is 21.5 Å². The van der Waals surface area contributed by atoms with Crippen molar-refractivity contribution in [1.29, 1.82) is 0 Å². The van der Waals surface area contributed by atoms with E-state index in [9.17, 15) is 24.6 Å². The maximum atomic E-state index is 12.7. The van der Waals surface area contributed by atoms with Gasteiger partial charge in [-0.25, -0.2) is 4.79 Å². The van der Waals surface area contributed by atoms with Crippen LogP contribution in [0.5, 0.6) is 5.75 Å². The standard InChI is InChI=1S/C39H40ClN5O6/c40-32-22-27(11-10-26(32)23-41-24-35(47)30-12-14-34(46)38-31(30)13-15-36(48)44-38)42-37(49)18-21-45-19-16-28(17-20-45)51-39(50)43-33-9-5-4-8-29(33)25-6-2-1-3-7-25/h1-15,22,28,35,41,46-47H,16-21,23-24H2,(H,42,49)(H,43,50)(H,44,48)/t35-/m1/s1. The molecule has 2 heterocycles. The first-order valence-corrected chi connectivity index (χ1v) is 17.3. The van der Waals surface area contributed by atoms with E-state index in [1.54, 1.807) is 24.3 Å². The van der Waals surface area contributed by atoms with Crippen molar-refractivity contribution in [2.75, 3.05) is 36.8 Å². The van der Waals surface area contributed by atoms with E-state index < -0.39 is 12.2 Å². The molecule has 0 unspecified atom stereocenters. The van der Waals surface area contributed by atoms with E-state index in [0.29, 0.717) is 59.7 Å². The summed E-state index contributed by atoms with van der Waals surface area (Å²) in [5.41, 5.74) is 4.51. The van der Waals surface area contributed by atoms with Crippen LogP contribution in [0.15, 0.2) is 102 Å². The van der Waals surface area contributed by atoms with Crippen molar-refractivity contribution in [3.63, 3.8) is 0 Å². The summed E-state index contributed by atoms with van der Waals surface area (Å²) in [4.78, 5) is 41.9. The second-order valence-corrected chi connectivity index (χ2v) is 12.9. The molecule has 51 heavy (non-hydrogen) atoms. The Hall–Kier alpha value is -5.20. The molecule has 0 spiro atoms. The molecule has 6 rings (SSSR count). The molecule has 4 aromatic carbocycles. The summed E-state index contributed by atoms with van der Waals surface area (Å²) in [5, 5.41) is 30.9. The fourth-order valence-corrected chi connectivity index (χ4v) is 6.51. The van der Waals surface area contributed by atoms with Gasteiger partial charge in [0.05, 0.1) is 17.3 Å². The molecule has 2 amide bonds. The van der Waals surface area contributed by atoms with Crippen LogP contribution in [-0.4, -0.2) is 64.4 Å². The minimum absolute atomic E-state index is 0.0685. The van der Waals surface area contributed by atoms with Gasteiger partial charge in [-0.1, -0.05) is 72.3 Å². The lowest BCUT2D eigenvalue weighted by atomic mass is 10.0. The first-order chi connectivity index (χ1) is 24.7. The van der Waals surface area contributed by atoms with Gasteiger partial charge in [0.1, 0.15) is 11.9 Å². The molecule has 1 aromatic heterocycles. The Kier molecular flexibility index (Phi) is 11.6. The van der Waals surface area contributed by atoms with E-state index in [1.165, 1.54) is 12.1 Å². The normalized spacial score (nSPS) is 14.2. The SMILES string of the molecule is O=C(CCN1CCC(OC(=O)Nc2ccccc2-c2ccccc2)CC1)Nc1ccc(CNC[C@@H](O)c2ccc(O)c3[nH]c(=O)ccc23)c(Cl)c1. The Morgan fingerprint density at radius 2 is 1.71 bits per heavy atom. The Balaban J connectivity index is 0.906. The Labute approximate surface area is 300 Å². The molecule has 1 fully saturated rings. The number of nitrogens with one attached hydrogen (secondary N) is 4. The molecule has 5 aromatic rings. The lowest BCUT2D eigenvalue weighted by molar-refractivity contribution is -0.116. The Morgan fingerprint density at radius 1 is 0.941 bits per heavy atom. The number of pyridine rings is 1. The summed E-state index contributed by atoms with van der Waals surface area (Å²) in [7, 11) is 0. The molecule has 11 nitrogen and oxygen atoms in total. The lowest BCUT2D eigenvalue weighted by Gasteiger charge is -2.31. The predicted molar refractivity (Wildman–Crippen MR) is 199 cm³/mol. The second-order valence-electron chi connectivity index (χ2n) is 12.5. The monoisotopic (exact) mass is 709 g/mol. The molecule has 0 aliphatic carbocycles. The van der Waals surface area contributed by atoms with Crippen LogP contribution in [0.2, 0.25) is 5.02 Å². The minimum atomic E-state index is -0.900. The van der Waals surface area contributed by atoms with E-state index in [1.807, 2.05) is 60.7 Å². The number of ether oxygens (including phenoxy) is 1. The smallest absolute Gasteiger partial charge is 0.411 e. The zero-order valence-electron chi connectivity index (χ0n) is 27.9. The van der Waals surface area contributed by atoms with Gasteiger partial charge in [0.25, 0.3) is 0 Å². The number of carbonyl (C=O) groups excluding carboxylic acids is 2. The Morgan fingerprint density at radius 3 is 2.49 bits per heavy atom. The van der Waals surface area contributed by atoms with Gasteiger partial charge in [-0.15, -0.1) is 0 Å². The molecule has 1 saturated heterocycles. The largest absolute Gasteiger partial charge is 0.506 e. The van der Waals surface area contributed by atoms with E-state index in [2.05, 4.69) is 25.8 Å². The second kappa shape index (κ2) is 16.7. The number of aromatic nitrogens is 1. The first kappa shape index (κ1) is 35.6. The number of hydrogen-bond acceptors (Lipinski definition) is 8. The summed E-state index contributed by atoms with van der Waals surface area (Å²) in [6.07, 6.45) is 0.102. The average molecular weight is 710 g/mol. The summed E-state index contributed by atoms with van der Waals surface area (Å²) < 4.78 is 5.73. The lowest BCUT2D eigenvalue weighted by Crippen LogP contribution is -2.39. The highest BCUT2D eigenvalue weighted by molar-refractivity contribution is 6.31. The summed E-state index contributed by atoms with van der Waals surface area (Å²) in [6, 6.07) is 28.8. The van der Waals surface area contributed by atoms with Crippen LogP contribution in [0, 0.1) is 0 Å². The molecule has 1 atom stereocenters. The van der Waals surface area contributed by atoms with Gasteiger partial charge in [-0.2, -0.15) is 0 Å². The van der Waals surface area contributed by atoms with Crippen molar-refractivity contribution < 1.29 is 24.5 Å². The number of aliphatic hydroxyl groups is 1. The molecule has 0 saturated carbocycles. The number of halogens is 1. The molecule has 0 bridgehead atoms. The van der Waals surface area contributed by atoms with Crippen molar-refractivity contribution in [2.24, 2.45) is 0 Å². The number of amides is 2. The zero-order chi connectivity index (χ0) is 35.7. The molecule has 1 aliphatic rings. The maximum Gasteiger partial charge on any atom is 0.411 e. The third kappa shape index (κ3) is 9.33. The number of anilines is 2. The summed E-state index contributed by atoms with van der Waals surface area (Å²) in [5.74, 6) is -0.196. The molecular weight excluding hydrogens is 670 g/mol. The van der Waals surface area contributed by atoms with Crippen LogP contribution in [-0.2, 0) is 16.1 Å². The quantitative estimate of drug-likeness (QED) is 0.0867. The average Bonchev–Trinajstić information content (AvgIpc) is 3.13. The molecule has 12 heteroatoms. The topological polar surface area (TPSA) is 156 Å². The number of phenols is 1. The summed E-state index contributed by atoms with van der Waals surface area (Å²) >= 11 is 6.52. The number of carbonyl (C=O) groups is 2. The van der Waals surface area contributed by atoms with E-state index in [4.69, 9.17) is 16.3 Å². The minimum Gasteiger partial charge on any atom is -0.506 e. The number of aromatic hydroxyl groups is 1. The molecule has 0 radical (unpaired) electrons. The first-order valence-electron chi connectivity index (χ1n) is 16.9. The molecular formula is C39H40ClN5O6. The van der Waals surface area contributed by atoms with Crippen molar-refractivity contribution in [1.82, 2.24) is 15.2 Å². The van der Waals surface area contributed by atoms with Crippen LogP contribution in [0.4, 0.5) is 16.2 Å². The number of aromatic amines is 1. The summed E-state index contributed by atoms with van der Waals surface area (Å²) in [6.45, 7) is 2.60. The molecule has 1 aliphatic heterocycles. The number of H-pyrrole nitrogens is 1. The number of nitrogens with zero attached hydrogens (tertiary/aromatic N) is 1. The van der Waals surface area contributed by atoms with Crippen LogP contribution in [0.3, 0.4) is 0 Å². The number of rotatable bonds is 12. The van der Waals surface area contributed by atoms with Crippen molar-refractivity contribution >= 4 is 45.9 Å². The van der Waals surface area contributed by atoms with Crippen molar-refractivity contribution in [3.05, 3.63) is 124 Å². The number of aliphatic hydroxyl groups excluding tert-OH is 1.